The lowest BCUT2D eigenvalue weighted by atomic mass is 10.3. The number of aliphatic hydroxyl groups excluding tert-OH is 1. The predicted octanol–water partition coefficient (Wildman–Crippen LogP) is 1.15. The molecule has 0 rings (SSSR count). The summed E-state index contributed by atoms with van der Waals surface area (Å²) in [7, 11) is 0. The van der Waals surface area contributed by atoms with Gasteiger partial charge in [0.15, 0.2) is 0 Å². The smallest absolute Gasteiger partial charge is 0.406 e. The fraction of sp³-hybridized carbons (Fsp3) is 0.818. The van der Waals surface area contributed by atoms with Crippen LogP contribution in [-0.2, 0) is 4.79 Å². The van der Waals surface area contributed by atoms with Crippen LogP contribution in [-0.4, -0.2) is 70.5 Å². The zero-order chi connectivity index (χ0) is 15.9. The first-order valence-corrected chi connectivity index (χ1v) is 6.03. The van der Waals surface area contributed by atoms with E-state index in [0.717, 1.165) is 4.90 Å². The van der Waals surface area contributed by atoms with E-state index in [-0.39, 0.29) is 24.5 Å². The average molecular weight is 300 g/mol. The molecule has 2 amide bonds. The summed E-state index contributed by atoms with van der Waals surface area (Å²) >= 11 is 0. The van der Waals surface area contributed by atoms with Gasteiger partial charge in [0.2, 0.25) is 0 Å². The molecule has 0 aromatic heterocycles. The van der Waals surface area contributed by atoms with Crippen molar-refractivity contribution in [3.05, 3.63) is 0 Å². The molecule has 118 valence electrons. The molecule has 0 aromatic carbocycles. The standard InChI is InChI=1S/C11H19F3N2O4/c1-8(2)16(4-3-5-17)10(20)15(6-9(18)19)7-11(12,13)14/h8,17H,3-7H2,1-2H3,(H,18,19). The third-order valence-electron chi connectivity index (χ3n) is 2.39. The molecule has 0 spiro atoms. The van der Waals surface area contributed by atoms with Crippen LogP contribution in [0.15, 0.2) is 0 Å². The summed E-state index contributed by atoms with van der Waals surface area (Å²) in [6.07, 6.45) is -4.47. The van der Waals surface area contributed by atoms with Crippen LogP contribution in [0.4, 0.5) is 18.0 Å². The first-order chi connectivity index (χ1) is 9.08. The van der Waals surface area contributed by atoms with Gasteiger partial charge in [-0.05, 0) is 20.3 Å². The Morgan fingerprint density at radius 2 is 1.80 bits per heavy atom. The van der Waals surface area contributed by atoms with Gasteiger partial charge in [0.25, 0.3) is 0 Å². The van der Waals surface area contributed by atoms with Crippen molar-refractivity contribution in [2.75, 3.05) is 26.2 Å². The van der Waals surface area contributed by atoms with E-state index in [4.69, 9.17) is 10.2 Å². The molecule has 0 fully saturated rings. The van der Waals surface area contributed by atoms with Gasteiger partial charge in [-0.15, -0.1) is 0 Å². The number of halogens is 3. The molecule has 9 heteroatoms. The van der Waals surface area contributed by atoms with Crippen LogP contribution in [0.1, 0.15) is 20.3 Å². The summed E-state index contributed by atoms with van der Waals surface area (Å²) < 4.78 is 37.2. The van der Waals surface area contributed by atoms with Crippen molar-refractivity contribution in [1.29, 1.82) is 0 Å². The van der Waals surface area contributed by atoms with Crippen molar-refractivity contribution < 1.29 is 33.0 Å². The number of hydrogen-bond acceptors (Lipinski definition) is 3. The molecule has 20 heavy (non-hydrogen) atoms. The van der Waals surface area contributed by atoms with Gasteiger partial charge in [-0.2, -0.15) is 13.2 Å². The van der Waals surface area contributed by atoms with E-state index in [9.17, 15) is 22.8 Å². The van der Waals surface area contributed by atoms with Crippen LogP contribution in [0.5, 0.6) is 0 Å². The SMILES string of the molecule is CC(C)N(CCCO)C(=O)N(CC(=O)O)CC(F)(F)F. The number of amides is 2. The van der Waals surface area contributed by atoms with Gasteiger partial charge >= 0.3 is 18.2 Å². The van der Waals surface area contributed by atoms with Crippen LogP contribution in [0.25, 0.3) is 0 Å². The lowest BCUT2D eigenvalue weighted by molar-refractivity contribution is -0.150. The van der Waals surface area contributed by atoms with Crippen LogP contribution < -0.4 is 0 Å². The molecule has 2 N–H and O–H groups in total. The number of aliphatic carboxylic acids is 1. The lowest BCUT2D eigenvalue weighted by Gasteiger charge is -2.32. The highest BCUT2D eigenvalue weighted by molar-refractivity contribution is 5.80. The number of nitrogens with zero attached hydrogens (tertiary/aromatic N) is 2. The number of aliphatic hydroxyl groups is 1. The maximum atomic E-state index is 12.4. The fourth-order valence-corrected chi connectivity index (χ4v) is 1.57. The van der Waals surface area contributed by atoms with Crippen LogP contribution in [0.3, 0.4) is 0 Å². The van der Waals surface area contributed by atoms with E-state index in [1.807, 2.05) is 0 Å². The molecule has 0 saturated carbocycles. The first kappa shape index (κ1) is 18.5. The number of carbonyl (C=O) groups is 2. The molecule has 0 bridgehead atoms. The Morgan fingerprint density at radius 1 is 1.25 bits per heavy atom. The quantitative estimate of drug-likeness (QED) is 0.739. The molecule has 0 heterocycles. The zero-order valence-electron chi connectivity index (χ0n) is 11.4. The van der Waals surface area contributed by atoms with Gasteiger partial charge in [0.05, 0.1) is 0 Å². The van der Waals surface area contributed by atoms with E-state index >= 15 is 0 Å². The number of rotatable bonds is 7. The molecule has 0 saturated heterocycles. The Labute approximate surface area is 114 Å². The Hall–Kier alpha value is -1.51. The van der Waals surface area contributed by atoms with E-state index in [1.165, 1.54) is 0 Å². The second-order valence-electron chi connectivity index (χ2n) is 4.51. The van der Waals surface area contributed by atoms with Gasteiger partial charge in [0, 0.05) is 19.2 Å². The number of urea groups is 1. The molecule has 0 aliphatic rings. The summed E-state index contributed by atoms with van der Waals surface area (Å²) in [5.74, 6) is -1.52. The number of alkyl halides is 3. The Balaban J connectivity index is 5.00. The normalized spacial score (nSPS) is 11.6. The van der Waals surface area contributed by atoms with Gasteiger partial charge in [-0.25, -0.2) is 4.79 Å². The topological polar surface area (TPSA) is 81.1 Å². The second-order valence-corrected chi connectivity index (χ2v) is 4.51. The van der Waals surface area contributed by atoms with Crippen molar-refractivity contribution >= 4 is 12.0 Å². The van der Waals surface area contributed by atoms with E-state index in [0.29, 0.717) is 0 Å². The molecular formula is C11H19F3N2O4. The van der Waals surface area contributed by atoms with E-state index < -0.39 is 37.3 Å². The van der Waals surface area contributed by atoms with Gasteiger partial charge < -0.3 is 20.0 Å². The summed E-state index contributed by atoms with van der Waals surface area (Å²) in [6.45, 7) is 0.389. The minimum atomic E-state index is -4.68. The summed E-state index contributed by atoms with van der Waals surface area (Å²) in [5.41, 5.74) is 0. The van der Waals surface area contributed by atoms with Crippen LogP contribution in [0, 0.1) is 0 Å². The maximum Gasteiger partial charge on any atom is 0.406 e. The number of carbonyl (C=O) groups excluding carboxylic acids is 1. The highest BCUT2D eigenvalue weighted by atomic mass is 19.4. The van der Waals surface area contributed by atoms with E-state index in [2.05, 4.69) is 0 Å². The number of carboxylic acids is 1. The summed E-state index contributed by atoms with van der Waals surface area (Å²) in [4.78, 5) is 23.9. The molecule has 6 nitrogen and oxygen atoms in total. The van der Waals surface area contributed by atoms with Crippen molar-refractivity contribution in [3.63, 3.8) is 0 Å². The second kappa shape index (κ2) is 7.93. The minimum Gasteiger partial charge on any atom is -0.480 e. The predicted molar refractivity (Wildman–Crippen MR) is 64.2 cm³/mol. The monoisotopic (exact) mass is 300 g/mol. The highest BCUT2D eigenvalue weighted by Crippen LogP contribution is 2.18. The number of hydrogen-bond donors (Lipinski definition) is 2. The molecule has 0 aliphatic carbocycles. The van der Waals surface area contributed by atoms with Crippen LogP contribution >= 0.6 is 0 Å². The van der Waals surface area contributed by atoms with Gasteiger partial charge in [-0.1, -0.05) is 0 Å². The highest BCUT2D eigenvalue weighted by Gasteiger charge is 2.36. The Kier molecular flexibility index (Phi) is 7.33. The van der Waals surface area contributed by atoms with Crippen molar-refractivity contribution in [2.45, 2.75) is 32.5 Å². The maximum absolute atomic E-state index is 12.4. The van der Waals surface area contributed by atoms with Crippen molar-refractivity contribution in [3.8, 4) is 0 Å². The third kappa shape index (κ3) is 7.17. The van der Waals surface area contributed by atoms with E-state index in [1.54, 1.807) is 13.8 Å². The molecule has 0 unspecified atom stereocenters. The molecule has 0 aliphatic heterocycles. The average Bonchev–Trinajstić information content (AvgIpc) is 2.25. The minimum absolute atomic E-state index is 0.0565. The lowest BCUT2D eigenvalue weighted by Crippen LogP contribution is -2.51. The summed E-state index contributed by atoms with van der Waals surface area (Å²) in [6, 6.07) is -1.41. The van der Waals surface area contributed by atoms with Gasteiger partial charge in [0.1, 0.15) is 13.1 Å². The Morgan fingerprint density at radius 3 is 2.15 bits per heavy atom. The first-order valence-electron chi connectivity index (χ1n) is 6.03. The van der Waals surface area contributed by atoms with Crippen molar-refractivity contribution in [2.24, 2.45) is 0 Å². The Bertz CT molecular complexity index is 334. The zero-order valence-corrected chi connectivity index (χ0v) is 11.4. The third-order valence-corrected chi connectivity index (χ3v) is 2.39. The molecule has 0 aromatic rings. The molecular weight excluding hydrogens is 281 g/mol. The molecule has 0 radical (unpaired) electrons. The van der Waals surface area contributed by atoms with Crippen molar-refractivity contribution in [1.82, 2.24) is 9.80 Å². The van der Waals surface area contributed by atoms with Gasteiger partial charge in [-0.3, -0.25) is 4.79 Å². The van der Waals surface area contributed by atoms with Crippen LogP contribution in [0.2, 0.25) is 0 Å². The molecule has 0 atom stereocenters. The largest absolute Gasteiger partial charge is 0.480 e. The summed E-state index contributed by atoms with van der Waals surface area (Å²) in [5, 5.41) is 17.3. The fourth-order valence-electron chi connectivity index (χ4n) is 1.57. The number of carboxylic acid groups (broad SMARTS) is 1.